The second kappa shape index (κ2) is 7.21. The van der Waals surface area contributed by atoms with Gasteiger partial charge in [0.05, 0.1) is 0 Å². The Hall–Kier alpha value is -2.29. The number of halogens is 1. The molecule has 0 aromatic heterocycles. The lowest BCUT2D eigenvalue weighted by Gasteiger charge is -1.91. The van der Waals surface area contributed by atoms with Gasteiger partial charge in [0.2, 0.25) is 0 Å². The molecule has 0 fully saturated rings. The van der Waals surface area contributed by atoms with Crippen LogP contribution in [0.3, 0.4) is 0 Å². The largest absolute Gasteiger partial charge is 0.295 e. The molecule has 0 aliphatic carbocycles. The molecule has 0 amide bonds. The van der Waals surface area contributed by atoms with Gasteiger partial charge in [-0.05, 0) is 38.1 Å². The van der Waals surface area contributed by atoms with Gasteiger partial charge in [-0.3, -0.25) is 9.59 Å². The van der Waals surface area contributed by atoms with Crippen molar-refractivity contribution in [3.63, 3.8) is 0 Å². The summed E-state index contributed by atoms with van der Waals surface area (Å²) in [6, 6.07) is 14.7. The molecule has 0 atom stereocenters. The van der Waals surface area contributed by atoms with Gasteiger partial charge in [-0.1, -0.05) is 30.3 Å². The maximum atomic E-state index is 12.2. The third-order valence-electron chi connectivity index (χ3n) is 2.43. The first-order valence-corrected chi connectivity index (χ1v) is 5.83. The number of hydrogen-bond donors (Lipinski definition) is 0. The summed E-state index contributed by atoms with van der Waals surface area (Å²) in [6.07, 6.45) is 0. The number of carbonyl (C=O) groups is 2. The summed E-state index contributed by atoms with van der Waals surface area (Å²) in [5.74, 6) is -0.236. The average Bonchev–Trinajstić information content (AvgIpc) is 2.41. The van der Waals surface area contributed by atoms with Crippen LogP contribution in [0.5, 0.6) is 0 Å². The zero-order valence-electron chi connectivity index (χ0n) is 10.9. The van der Waals surface area contributed by atoms with Crippen LogP contribution in [0.4, 0.5) is 4.39 Å². The maximum absolute atomic E-state index is 12.2. The van der Waals surface area contributed by atoms with Crippen molar-refractivity contribution >= 4 is 11.6 Å². The Morgan fingerprint density at radius 3 is 1.53 bits per heavy atom. The monoisotopic (exact) mass is 258 g/mol. The molecule has 2 aromatic carbocycles. The smallest absolute Gasteiger partial charge is 0.159 e. The van der Waals surface area contributed by atoms with Gasteiger partial charge in [0.1, 0.15) is 5.82 Å². The highest BCUT2D eigenvalue weighted by Crippen LogP contribution is 2.02. The van der Waals surface area contributed by atoms with Crippen molar-refractivity contribution in [2.24, 2.45) is 0 Å². The minimum atomic E-state index is -0.315. The van der Waals surface area contributed by atoms with E-state index in [9.17, 15) is 14.0 Å². The summed E-state index contributed by atoms with van der Waals surface area (Å²) < 4.78 is 12.2. The van der Waals surface area contributed by atoms with E-state index in [4.69, 9.17) is 0 Å². The van der Waals surface area contributed by atoms with Crippen molar-refractivity contribution in [1.82, 2.24) is 0 Å². The Morgan fingerprint density at radius 2 is 1.16 bits per heavy atom. The molecule has 98 valence electrons. The van der Waals surface area contributed by atoms with E-state index < -0.39 is 0 Å². The topological polar surface area (TPSA) is 34.1 Å². The first kappa shape index (κ1) is 14.8. The molecule has 0 aliphatic rings. The van der Waals surface area contributed by atoms with E-state index in [1.54, 1.807) is 6.92 Å². The van der Waals surface area contributed by atoms with Crippen LogP contribution >= 0.6 is 0 Å². The van der Waals surface area contributed by atoms with Gasteiger partial charge in [-0.15, -0.1) is 0 Å². The van der Waals surface area contributed by atoms with Crippen molar-refractivity contribution in [2.75, 3.05) is 0 Å². The molecular formula is C16H15FO2. The molecule has 0 spiro atoms. The Labute approximate surface area is 111 Å². The normalized spacial score (nSPS) is 9.21. The zero-order chi connectivity index (χ0) is 14.3. The minimum Gasteiger partial charge on any atom is -0.295 e. The molecule has 3 heteroatoms. The SMILES string of the molecule is CC(=O)c1ccc(F)cc1.CC(=O)c1ccccc1. The Balaban J connectivity index is 0.000000191. The van der Waals surface area contributed by atoms with E-state index in [0.717, 1.165) is 5.56 Å². The van der Waals surface area contributed by atoms with Crippen LogP contribution in [0.15, 0.2) is 54.6 Å². The fourth-order valence-electron chi connectivity index (χ4n) is 1.36. The second-order valence-corrected chi connectivity index (χ2v) is 3.99. The molecule has 0 N–H and O–H groups in total. The molecule has 0 radical (unpaired) electrons. The first-order chi connectivity index (χ1) is 9.00. The Bertz CT molecular complexity index is 545. The molecule has 2 rings (SSSR count). The van der Waals surface area contributed by atoms with Gasteiger partial charge in [0, 0.05) is 11.1 Å². The molecule has 2 nitrogen and oxygen atoms in total. The summed E-state index contributed by atoms with van der Waals surface area (Å²) >= 11 is 0. The predicted molar refractivity (Wildman–Crippen MR) is 72.9 cm³/mol. The van der Waals surface area contributed by atoms with E-state index in [2.05, 4.69) is 0 Å². The Kier molecular flexibility index (Phi) is 5.61. The van der Waals surface area contributed by atoms with Crippen LogP contribution in [0, 0.1) is 5.82 Å². The molecule has 0 aliphatic heterocycles. The molecule has 0 unspecified atom stereocenters. The van der Waals surface area contributed by atoms with E-state index in [0.29, 0.717) is 5.56 Å². The van der Waals surface area contributed by atoms with Crippen molar-refractivity contribution < 1.29 is 14.0 Å². The number of hydrogen-bond acceptors (Lipinski definition) is 2. The van der Waals surface area contributed by atoms with Gasteiger partial charge in [-0.25, -0.2) is 4.39 Å². The van der Waals surface area contributed by atoms with Gasteiger partial charge < -0.3 is 0 Å². The van der Waals surface area contributed by atoms with Crippen LogP contribution in [0.1, 0.15) is 34.6 Å². The summed E-state index contributed by atoms with van der Waals surface area (Å²) in [4.78, 5) is 21.3. The number of Topliss-reactive ketones (excluding diaryl/α,β-unsaturated/α-hetero) is 2. The summed E-state index contributed by atoms with van der Waals surface area (Å²) in [7, 11) is 0. The average molecular weight is 258 g/mol. The highest BCUT2D eigenvalue weighted by molar-refractivity contribution is 5.94. The standard InChI is InChI=1S/C8H7FO.C8H8O/c1-6(10)7-2-4-8(9)5-3-7;1-7(9)8-5-3-2-4-6-8/h2-5H,1H3;2-6H,1H3. The van der Waals surface area contributed by atoms with Gasteiger partial charge >= 0.3 is 0 Å². The van der Waals surface area contributed by atoms with Crippen molar-refractivity contribution in [3.8, 4) is 0 Å². The molecule has 2 aromatic rings. The third kappa shape index (κ3) is 5.25. The zero-order valence-corrected chi connectivity index (χ0v) is 10.9. The lowest BCUT2D eigenvalue weighted by atomic mass is 10.1. The van der Waals surface area contributed by atoms with E-state index in [1.807, 2.05) is 30.3 Å². The fraction of sp³-hybridized carbons (Fsp3) is 0.125. The quantitative estimate of drug-likeness (QED) is 0.765. The van der Waals surface area contributed by atoms with E-state index in [1.165, 1.54) is 31.2 Å². The van der Waals surface area contributed by atoms with Crippen LogP contribution in [0.25, 0.3) is 0 Å². The number of ketones is 2. The highest BCUT2D eigenvalue weighted by Gasteiger charge is 1.96. The maximum Gasteiger partial charge on any atom is 0.159 e. The highest BCUT2D eigenvalue weighted by atomic mass is 19.1. The van der Waals surface area contributed by atoms with Crippen LogP contribution in [-0.4, -0.2) is 11.6 Å². The molecule has 0 saturated heterocycles. The number of carbonyl (C=O) groups excluding carboxylic acids is 2. The lowest BCUT2D eigenvalue weighted by Crippen LogP contribution is -1.90. The second-order valence-electron chi connectivity index (χ2n) is 3.99. The van der Waals surface area contributed by atoms with Crippen molar-refractivity contribution in [2.45, 2.75) is 13.8 Å². The summed E-state index contributed by atoms with van der Waals surface area (Å²) in [5.41, 5.74) is 1.32. The Morgan fingerprint density at radius 1 is 0.737 bits per heavy atom. The van der Waals surface area contributed by atoms with Crippen LogP contribution < -0.4 is 0 Å². The summed E-state index contributed by atoms with van der Waals surface area (Å²) in [5, 5.41) is 0. The fourth-order valence-corrected chi connectivity index (χ4v) is 1.36. The summed E-state index contributed by atoms with van der Waals surface area (Å²) in [6.45, 7) is 3.02. The molecule has 0 heterocycles. The van der Waals surface area contributed by atoms with Crippen LogP contribution in [-0.2, 0) is 0 Å². The first-order valence-electron chi connectivity index (χ1n) is 5.83. The minimum absolute atomic E-state index is 0.0417. The molecule has 0 bridgehead atoms. The third-order valence-corrected chi connectivity index (χ3v) is 2.43. The van der Waals surface area contributed by atoms with Crippen molar-refractivity contribution in [1.29, 1.82) is 0 Å². The van der Waals surface area contributed by atoms with Crippen molar-refractivity contribution in [3.05, 3.63) is 71.5 Å². The molecule has 0 saturated carbocycles. The van der Waals surface area contributed by atoms with E-state index in [-0.39, 0.29) is 17.4 Å². The molecule has 19 heavy (non-hydrogen) atoms. The van der Waals surface area contributed by atoms with E-state index >= 15 is 0 Å². The number of benzene rings is 2. The lowest BCUT2D eigenvalue weighted by molar-refractivity contribution is 0.100. The van der Waals surface area contributed by atoms with Gasteiger partial charge in [-0.2, -0.15) is 0 Å². The van der Waals surface area contributed by atoms with Crippen LogP contribution in [0.2, 0.25) is 0 Å². The van der Waals surface area contributed by atoms with Gasteiger partial charge in [0.15, 0.2) is 11.6 Å². The predicted octanol–water partition coefficient (Wildman–Crippen LogP) is 3.92. The number of rotatable bonds is 2. The van der Waals surface area contributed by atoms with Gasteiger partial charge in [0.25, 0.3) is 0 Å². The molecular weight excluding hydrogens is 243 g/mol.